The fourth-order valence-electron chi connectivity index (χ4n) is 2.29. The van der Waals surface area contributed by atoms with Crippen molar-refractivity contribution in [1.29, 1.82) is 0 Å². The van der Waals surface area contributed by atoms with Gasteiger partial charge in [-0.15, -0.1) is 0 Å². The number of benzene rings is 2. The third-order valence-corrected chi connectivity index (χ3v) is 3.11. The number of aromatic hydroxyl groups is 1. The summed E-state index contributed by atoms with van der Waals surface area (Å²) in [7, 11) is 0. The Morgan fingerprint density at radius 1 is 1.20 bits per heavy atom. The molecule has 0 spiro atoms. The van der Waals surface area contributed by atoms with Crippen LogP contribution in [-0.4, -0.2) is 11.7 Å². The molecule has 15 heavy (non-hydrogen) atoms. The number of hydrogen-bond acceptors (Lipinski definition) is 2. The zero-order chi connectivity index (χ0) is 10.4. The van der Waals surface area contributed by atoms with Crippen molar-refractivity contribution < 1.29 is 9.84 Å². The van der Waals surface area contributed by atoms with E-state index in [-0.39, 0.29) is 0 Å². The highest BCUT2D eigenvalue weighted by Crippen LogP contribution is 2.42. The Morgan fingerprint density at radius 2 is 1.93 bits per heavy atom. The van der Waals surface area contributed by atoms with E-state index < -0.39 is 0 Å². The van der Waals surface area contributed by atoms with Gasteiger partial charge in [-0.25, -0.2) is 0 Å². The van der Waals surface area contributed by atoms with Crippen molar-refractivity contribution in [1.82, 2.24) is 0 Å². The lowest BCUT2D eigenvalue weighted by atomic mass is 9.98. The molecule has 0 aliphatic carbocycles. The van der Waals surface area contributed by atoms with Gasteiger partial charge in [0.2, 0.25) is 0 Å². The van der Waals surface area contributed by atoms with Crippen LogP contribution in [0.2, 0.25) is 0 Å². The number of fused-ring (bicyclic) bond motifs is 3. The SMILES string of the molecule is Cc1c2c(c3ccccc3c1O)OCC2. The van der Waals surface area contributed by atoms with E-state index in [9.17, 15) is 5.11 Å². The molecule has 0 saturated heterocycles. The van der Waals surface area contributed by atoms with E-state index in [2.05, 4.69) is 0 Å². The molecule has 0 fully saturated rings. The minimum absolute atomic E-state index is 0.398. The Bertz CT molecular complexity index is 544. The van der Waals surface area contributed by atoms with E-state index in [1.807, 2.05) is 31.2 Å². The molecule has 2 nitrogen and oxygen atoms in total. The van der Waals surface area contributed by atoms with Crippen LogP contribution in [0, 0.1) is 6.92 Å². The van der Waals surface area contributed by atoms with E-state index in [1.165, 1.54) is 0 Å². The Kier molecular flexibility index (Phi) is 1.66. The Hall–Kier alpha value is -1.70. The second-order valence-corrected chi connectivity index (χ2v) is 3.93. The van der Waals surface area contributed by atoms with Crippen molar-refractivity contribution in [2.45, 2.75) is 13.3 Å². The maximum atomic E-state index is 10.1. The molecule has 1 heterocycles. The summed E-state index contributed by atoms with van der Waals surface area (Å²) >= 11 is 0. The van der Waals surface area contributed by atoms with E-state index in [4.69, 9.17) is 4.74 Å². The van der Waals surface area contributed by atoms with Gasteiger partial charge in [0.1, 0.15) is 11.5 Å². The minimum Gasteiger partial charge on any atom is -0.507 e. The minimum atomic E-state index is 0.398. The van der Waals surface area contributed by atoms with Gasteiger partial charge in [-0.2, -0.15) is 0 Å². The first kappa shape index (κ1) is 8.60. The number of phenols is 1. The van der Waals surface area contributed by atoms with Gasteiger partial charge in [0.05, 0.1) is 6.61 Å². The van der Waals surface area contributed by atoms with Crippen molar-refractivity contribution in [2.24, 2.45) is 0 Å². The van der Waals surface area contributed by atoms with Crippen molar-refractivity contribution in [3.63, 3.8) is 0 Å². The van der Waals surface area contributed by atoms with Crippen LogP contribution in [-0.2, 0) is 6.42 Å². The summed E-state index contributed by atoms with van der Waals surface area (Å²) in [6, 6.07) is 7.83. The molecule has 0 unspecified atom stereocenters. The summed E-state index contributed by atoms with van der Waals surface area (Å²) in [4.78, 5) is 0. The predicted molar refractivity (Wildman–Crippen MR) is 59.5 cm³/mol. The molecule has 1 aliphatic heterocycles. The molecule has 0 radical (unpaired) electrons. The van der Waals surface area contributed by atoms with Gasteiger partial charge < -0.3 is 9.84 Å². The molecule has 0 aromatic heterocycles. The highest BCUT2D eigenvalue weighted by Gasteiger charge is 2.21. The lowest BCUT2D eigenvalue weighted by Gasteiger charge is -2.10. The van der Waals surface area contributed by atoms with Gasteiger partial charge in [-0.1, -0.05) is 24.3 Å². The summed E-state index contributed by atoms with van der Waals surface area (Å²) in [5.41, 5.74) is 2.12. The first-order valence-corrected chi connectivity index (χ1v) is 5.15. The first-order valence-electron chi connectivity index (χ1n) is 5.15. The summed E-state index contributed by atoms with van der Waals surface area (Å²) in [6.45, 7) is 2.68. The molecule has 1 N–H and O–H groups in total. The zero-order valence-corrected chi connectivity index (χ0v) is 8.58. The lowest BCUT2D eigenvalue weighted by Crippen LogP contribution is -1.87. The van der Waals surface area contributed by atoms with Crippen LogP contribution in [0.15, 0.2) is 24.3 Å². The summed E-state index contributed by atoms with van der Waals surface area (Å²) < 4.78 is 5.64. The average molecular weight is 200 g/mol. The molecule has 2 aromatic carbocycles. The molecule has 0 saturated carbocycles. The van der Waals surface area contributed by atoms with Crippen LogP contribution in [0.1, 0.15) is 11.1 Å². The Morgan fingerprint density at radius 3 is 2.73 bits per heavy atom. The molecule has 0 bridgehead atoms. The highest BCUT2D eigenvalue weighted by molar-refractivity contribution is 5.96. The molecular weight excluding hydrogens is 188 g/mol. The van der Waals surface area contributed by atoms with Gasteiger partial charge >= 0.3 is 0 Å². The number of rotatable bonds is 0. The molecule has 2 heteroatoms. The quantitative estimate of drug-likeness (QED) is 0.708. The Balaban J connectivity index is 2.52. The van der Waals surface area contributed by atoms with Crippen LogP contribution >= 0.6 is 0 Å². The first-order chi connectivity index (χ1) is 7.29. The third kappa shape index (κ3) is 1.05. The molecule has 76 valence electrons. The summed E-state index contributed by atoms with van der Waals surface area (Å²) in [5.74, 6) is 1.36. The monoisotopic (exact) mass is 200 g/mol. The van der Waals surface area contributed by atoms with E-state index in [1.54, 1.807) is 0 Å². The van der Waals surface area contributed by atoms with E-state index in [0.29, 0.717) is 5.75 Å². The normalized spacial score (nSPS) is 13.9. The van der Waals surface area contributed by atoms with E-state index in [0.717, 1.165) is 40.7 Å². The molecule has 2 aromatic rings. The van der Waals surface area contributed by atoms with Gasteiger partial charge in [0.25, 0.3) is 0 Å². The molecule has 0 atom stereocenters. The fraction of sp³-hybridized carbons (Fsp3) is 0.231. The standard InChI is InChI=1S/C13H12O2/c1-8-9-6-7-15-13(9)11-5-3-2-4-10(11)12(8)14/h2-5,14H,6-7H2,1H3. The van der Waals surface area contributed by atoms with Crippen LogP contribution in [0.5, 0.6) is 11.5 Å². The van der Waals surface area contributed by atoms with Gasteiger partial charge in [0, 0.05) is 22.8 Å². The average Bonchev–Trinajstić information content (AvgIpc) is 2.75. The van der Waals surface area contributed by atoms with Crippen LogP contribution in [0.25, 0.3) is 10.8 Å². The van der Waals surface area contributed by atoms with Crippen LogP contribution in [0.4, 0.5) is 0 Å². The molecule has 3 rings (SSSR count). The van der Waals surface area contributed by atoms with Gasteiger partial charge in [-0.05, 0) is 12.5 Å². The maximum Gasteiger partial charge on any atom is 0.130 e. The van der Waals surface area contributed by atoms with E-state index >= 15 is 0 Å². The molecule has 0 amide bonds. The van der Waals surface area contributed by atoms with Crippen molar-refractivity contribution in [3.05, 3.63) is 35.4 Å². The molecular formula is C13H12O2. The number of ether oxygens (including phenoxy) is 1. The predicted octanol–water partition coefficient (Wildman–Crippen LogP) is 2.79. The Labute approximate surface area is 88.1 Å². The third-order valence-electron chi connectivity index (χ3n) is 3.11. The second-order valence-electron chi connectivity index (χ2n) is 3.93. The summed E-state index contributed by atoms with van der Waals surface area (Å²) in [5, 5.41) is 12.0. The molecule has 1 aliphatic rings. The van der Waals surface area contributed by atoms with Crippen molar-refractivity contribution >= 4 is 10.8 Å². The van der Waals surface area contributed by atoms with Crippen molar-refractivity contribution in [3.8, 4) is 11.5 Å². The van der Waals surface area contributed by atoms with Gasteiger partial charge in [-0.3, -0.25) is 0 Å². The van der Waals surface area contributed by atoms with Crippen molar-refractivity contribution in [2.75, 3.05) is 6.61 Å². The lowest BCUT2D eigenvalue weighted by molar-refractivity contribution is 0.360. The highest BCUT2D eigenvalue weighted by atomic mass is 16.5. The van der Waals surface area contributed by atoms with Crippen LogP contribution < -0.4 is 4.74 Å². The topological polar surface area (TPSA) is 29.5 Å². The largest absolute Gasteiger partial charge is 0.507 e. The number of hydrogen-bond donors (Lipinski definition) is 1. The fourth-order valence-corrected chi connectivity index (χ4v) is 2.29. The summed E-state index contributed by atoms with van der Waals surface area (Å²) in [6.07, 6.45) is 0.902. The number of phenolic OH excluding ortho intramolecular Hbond substituents is 1. The maximum absolute atomic E-state index is 10.1. The van der Waals surface area contributed by atoms with Crippen LogP contribution in [0.3, 0.4) is 0 Å². The van der Waals surface area contributed by atoms with Gasteiger partial charge in [0.15, 0.2) is 0 Å². The smallest absolute Gasteiger partial charge is 0.130 e. The second kappa shape index (κ2) is 2.89. The zero-order valence-electron chi connectivity index (χ0n) is 8.58.